The Morgan fingerprint density at radius 2 is 1.72 bits per heavy atom. The molecule has 2 fully saturated rings. The highest BCUT2D eigenvalue weighted by atomic mass is 31.3. The molecule has 2 saturated heterocycles. The Morgan fingerprint density at radius 1 is 1.08 bits per heavy atom. The average molecular weight is 584 g/mol. The van der Waals surface area contributed by atoms with E-state index in [0.29, 0.717) is 0 Å². The van der Waals surface area contributed by atoms with Gasteiger partial charge in [-0.15, -0.1) is 0 Å². The van der Waals surface area contributed by atoms with E-state index in [4.69, 9.17) is 19.3 Å². The summed E-state index contributed by atoms with van der Waals surface area (Å²) in [5.74, 6) is 0. The maximum Gasteiger partial charge on any atom is 0.490 e. The van der Waals surface area contributed by atoms with Crippen molar-refractivity contribution in [1.82, 2.24) is 9.55 Å². The first-order chi connectivity index (χ1) is 16.4. The minimum Gasteiger partial charge on any atom is -0.390 e. The van der Waals surface area contributed by atoms with Gasteiger partial charge in [-0.05, 0) is 6.92 Å². The molecule has 3 rings (SSSR count). The Hall–Kier alpha value is -1.11. The van der Waals surface area contributed by atoms with Crippen molar-refractivity contribution in [2.45, 2.75) is 49.6 Å². The number of phosphoric ester groups is 1. The molecule has 0 saturated carbocycles. The molecule has 19 nitrogen and oxygen atoms in total. The van der Waals surface area contributed by atoms with Crippen molar-refractivity contribution >= 4 is 23.5 Å². The lowest BCUT2D eigenvalue weighted by atomic mass is 9.95. The van der Waals surface area contributed by atoms with Crippen LogP contribution in [0.3, 0.4) is 0 Å². The van der Waals surface area contributed by atoms with Crippen LogP contribution in [-0.2, 0) is 42.0 Å². The number of H-pyrrole nitrogens is 1. The number of aromatic nitrogens is 2. The van der Waals surface area contributed by atoms with Gasteiger partial charge in [0.1, 0.15) is 24.4 Å². The standard InChI is InChI=1S/C14H23N2O17P3/c1-6-3-16(13(21)15-12(6)20)14(11-10(19)8(18)4-29-11)2-7(17)9(31-14)5-30-35(25,26)33-36(27,28)32-34(22,23)24/h3,7-11,17-19H,2,4-5H2,1H3,(H,25,26)(H,27,28)(H,15,20,21)(H2,22,23,24)/t7-,8-,9+,10+,11?,14-/m0/s1. The number of phosphoric acid groups is 3. The predicted molar refractivity (Wildman–Crippen MR) is 111 cm³/mol. The monoisotopic (exact) mass is 584 g/mol. The number of aromatic amines is 1. The van der Waals surface area contributed by atoms with Crippen LogP contribution in [0.1, 0.15) is 12.0 Å². The Morgan fingerprint density at radius 3 is 2.28 bits per heavy atom. The highest BCUT2D eigenvalue weighted by Gasteiger charge is 2.59. The number of aryl methyl sites for hydroxylation is 1. The molecule has 3 heterocycles. The minimum absolute atomic E-state index is 0.0109. The molecule has 0 spiro atoms. The number of hydrogen-bond acceptors (Lipinski definition) is 13. The van der Waals surface area contributed by atoms with Crippen LogP contribution in [0.2, 0.25) is 0 Å². The Balaban J connectivity index is 1.87. The summed E-state index contributed by atoms with van der Waals surface area (Å²) in [5.41, 5.74) is -3.88. The molecule has 0 aromatic carbocycles. The van der Waals surface area contributed by atoms with Crippen molar-refractivity contribution in [3.8, 4) is 0 Å². The summed E-state index contributed by atoms with van der Waals surface area (Å²) >= 11 is 0. The second kappa shape index (κ2) is 10.2. The molecule has 206 valence electrons. The van der Waals surface area contributed by atoms with Crippen LogP contribution in [0.15, 0.2) is 15.8 Å². The van der Waals surface area contributed by atoms with Crippen LogP contribution >= 0.6 is 23.5 Å². The maximum absolute atomic E-state index is 12.6. The van der Waals surface area contributed by atoms with Gasteiger partial charge in [-0.1, -0.05) is 0 Å². The van der Waals surface area contributed by atoms with E-state index in [1.165, 1.54) is 6.92 Å². The smallest absolute Gasteiger partial charge is 0.390 e. The van der Waals surface area contributed by atoms with Gasteiger partial charge in [-0.3, -0.25) is 18.9 Å². The van der Waals surface area contributed by atoms with Gasteiger partial charge in [-0.25, -0.2) is 18.5 Å². The predicted octanol–water partition coefficient (Wildman–Crippen LogP) is -2.89. The third kappa shape index (κ3) is 6.47. The quantitative estimate of drug-likeness (QED) is 0.135. The SMILES string of the molecule is Cc1cn([C@@]2(C3OC[C@H](O)[C@H]3O)C[C@H](O)[C@@H](COP(=O)(O)OP(=O)(O)OP(=O)(O)O)O2)c(=O)[nH]c1=O. The van der Waals surface area contributed by atoms with E-state index in [0.717, 1.165) is 10.8 Å². The molecule has 2 aliphatic heterocycles. The molecule has 0 bridgehead atoms. The molecule has 1 aromatic rings. The minimum atomic E-state index is -5.80. The fourth-order valence-electron chi connectivity index (χ4n) is 3.76. The second-order valence-corrected chi connectivity index (χ2v) is 12.3. The van der Waals surface area contributed by atoms with Gasteiger partial charge in [0.2, 0.25) is 0 Å². The van der Waals surface area contributed by atoms with Crippen molar-refractivity contribution in [1.29, 1.82) is 0 Å². The lowest BCUT2D eigenvalue weighted by Crippen LogP contribution is -2.56. The number of nitrogens with zero attached hydrogens (tertiary/aromatic N) is 1. The number of aliphatic hydroxyl groups excluding tert-OH is 3. The zero-order valence-electron chi connectivity index (χ0n) is 18.1. The van der Waals surface area contributed by atoms with Gasteiger partial charge in [0.05, 0.1) is 19.3 Å². The number of nitrogens with one attached hydrogen (secondary N) is 1. The molecular formula is C14H23N2O17P3. The number of aliphatic hydroxyl groups is 3. The summed E-state index contributed by atoms with van der Waals surface area (Å²) in [5, 5.41) is 30.9. The molecule has 3 unspecified atom stereocenters. The van der Waals surface area contributed by atoms with E-state index in [2.05, 4.69) is 13.1 Å². The molecule has 0 amide bonds. The van der Waals surface area contributed by atoms with Crippen molar-refractivity contribution < 1.29 is 71.2 Å². The molecule has 8 N–H and O–H groups in total. The van der Waals surface area contributed by atoms with Crippen LogP contribution < -0.4 is 11.2 Å². The summed E-state index contributed by atoms with van der Waals surface area (Å²) in [6.07, 6.45) is -7.29. The molecular weight excluding hydrogens is 561 g/mol. The molecule has 0 radical (unpaired) electrons. The summed E-state index contributed by atoms with van der Waals surface area (Å²) in [7, 11) is -17.0. The van der Waals surface area contributed by atoms with E-state index in [-0.39, 0.29) is 5.56 Å². The third-order valence-electron chi connectivity index (χ3n) is 5.23. The van der Waals surface area contributed by atoms with Crippen molar-refractivity contribution in [2.75, 3.05) is 13.2 Å². The molecule has 0 aliphatic carbocycles. The fraction of sp³-hybridized carbons (Fsp3) is 0.714. The highest BCUT2D eigenvalue weighted by molar-refractivity contribution is 7.66. The normalized spacial score (nSPS) is 34.4. The van der Waals surface area contributed by atoms with Crippen LogP contribution in [0.4, 0.5) is 0 Å². The first-order valence-electron chi connectivity index (χ1n) is 9.81. The van der Waals surface area contributed by atoms with E-state index >= 15 is 0 Å². The average Bonchev–Trinajstić information content (AvgIpc) is 3.20. The summed E-state index contributed by atoms with van der Waals surface area (Å²) in [6, 6.07) is 0. The van der Waals surface area contributed by atoms with Gasteiger partial charge in [0, 0.05) is 18.2 Å². The Labute approximate surface area is 200 Å². The maximum atomic E-state index is 12.6. The molecule has 22 heteroatoms. The van der Waals surface area contributed by atoms with E-state index < -0.39 is 90.6 Å². The summed E-state index contributed by atoms with van der Waals surface area (Å²) in [6.45, 7) is -0.132. The first-order valence-corrected chi connectivity index (χ1v) is 14.3. The molecule has 1 aromatic heterocycles. The molecule has 2 aliphatic rings. The second-order valence-electron chi connectivity index (χ2n) is 7.91. The Kier molecular flexibility index (Phi) is 8.36. The van der Waals surface area contributed by atoms with Crippen LogP contribution in [0.5, 0.6) is 0 Å². The van der Waals surface area contributed by atoms with Crippen molar-refractivity contribution in [3.63, 3.8) is 0 Å². The molecule has 8 atom stereocenters. The van der Waals surface area contributed by atoms with Crippen molar-refractivity contribution in [3.05, 3.63) is 32.6 Å². The van der Waals surface area contributed by atoms with E-state index in [1.54, 1.807) is 0 Å². The van der Waals surface area contributed by atoms with Gasteiger partial charge < -0.3 is 44.4 Å². The van der Waals surface area contributed by atoms with Crippen LogP contribution in [0.25, 0.3) is 0 Å². The number of ether oxygens (including phenoxy) is 2. The van der Waals surface area contributed by atoms with Crippen LogP contribution in [0, 0.1) is 6.92 Å². The fourth-order valence-corrected chi connectivity index (χ4v) is 6.79. The number of hydrogen-bond donors (Lipinski definition) is 8. The van der Waals surface area contributed by atoms with Gasteiger partial charge in [0.15, 0.2) is 5.72 Å². The zero-order valence-corrected chi connectivity index (χ0v) is 20.8. The summed E-state index contributed by atoms with van der Waals surface area (Å²) < 4.78 is 57.8. The van der Waals surface area contributed by atoms with Gasteiger partial charge >= 0.3 is 29.2 Å². The third-order valence-corrected chi connectivity index (χ3v) is 9.03. The number of rotatable bonds is 9. The van der Waals surface area contributed by atoms with E-state index in [1.807, 2.05) is 4.98 Å². The first kappa shape index (κ1) is 29.4. The zero-order chi connectivity index (χ0) is 27.3. The summed E-state index contributed by atoms with van der Waals surface area (Å²) in [4.78, 5) is 62.4. The molecule has 36 heavy (non-hydrogen) atoms. The Bertz CT molecular complexity index is 1240. The highest BCUT2D eigenvalue weighted by Crippen LogP contribution is 2.66. The van der Waals surface area contributed by atoms with Crippen LogP contribution in [-0.4, -0.2) is 88.2 Å². The van der Waals surface area contributed by atoms with E-state index in [9.17, 15) is 48.4 Å². The van der Waals surface area contributed by atoms with Gasteiger partial charge in [0.25, 0.3) is 5.56 Å². The lowest BCUT2D eigenvalue weighted by Gasteiger charge is -2.37. The largest absolute Gasteiger partial charge is 0.490 e. The van der Waals surface area contributed by atoms with Gasteiger partial charge in [-0.2, -0.15) is 8.62 Å². The topological polar surface area (TPSA) is 294 Å². The van der Waals surface area contributed by atoms with Crippen molar-refractivity contribution in [2.24, 2.45) is 0 Å². The lowest BCUT2D eigenvalue weighted by molar-refractivity contribution is -0.199.